The summed E-state index contributed by atoms with van der Waals surface area (Å²) in [7, 11) is 0. The van der Waals surface area contributed by atoms with Gasteiger partial charge in [-0.25, -0.2) is 0 Å². The topological polar surface area (TPSA) is 107 Å². The molecule has 1 atom stereocenters. The molecule has 2 aromatic heterocycles. The number of nitrogens with one attached hydrogen (secondary N) is 3. The molecule has 1 saturated heterocycles. The number of halogens is 1. The molecule has 2 amide bonds. The van der Waals surface area contributed by atoms with Gasteiger partial charge in [-0.3, -0.25) is 19.8 Å². The third-order valence-corrected chi connectivity index (χ3v) is 7.20. The van der Waals surface area contributed by atoms with Crippen molar-refractivity contribution in [3.63, 3.8) is 0 Å². The number of H-pyrrole nitrogens is 2. The van der Waals surface area contributed by atoms with Crippen LogP contribution in [0.2, 0.25) is 5.02 Å². The van der Waals surface area contributed by atoms with Crippen LogP contribution >= 0.6 is 11.6 Å². The van der Waals surface area contributed by atoms with Crippen LogP contribution < -0.4 is 5.32 Å². The van der Waals surface area contributed by atoms with Gasteiger partial charge in [0.15, 0.2) is 5.82 Å². The number of nitrogens with zero attached hydrogens (tertiary/aromatic N) is 3. The highest BCUT2D eigenvalue weighted by molar-refractivity contribution is 6.30. The summed E-state index contributed by atoms with van der Waals surface area (Å²) >= 11 is 6.15. The Bertz CT molecular complexity index is 1210. The number of amides is 2. The summed E-state index contributed by atoms with van der Waals surface area (Å²) in [6, 6.07) is 11.0. The van der Waals surface area contributed by atoms with Crippen LogP contribution in [0.5, 0.6) is 0 Å². The second-order valence-electron chi connectivity index (χ2n) is 9.63. The largest absolute Gasteiger partial charge is 0.329 e. The minimum Gasteiger partial charge on any atom is -0.329 e. The van der Waals surface area contributed by atoms with E-state index < -0.39 is 5.41 Å². The first-order valence-electron chi connectivity index (χ1n) is 11.9. The molecular formula is C25H29ClN6O2. The molecule has 0 bridgehead atoms. The number of anilines is 1. The number of hydrogen-bond donors (Lipinski definition) is 3. The van der Waals surface area contributed by atoms with Crippen LogP contribution in [0.4, 0.5) is 5.82 Å². The Morgan fingerprint density at radius 3 is 2.68 bits per heavy atom. The van der Waals surface area contributed by atoms with Gasteiger partial charge in [0.05, 0.1) is 17.2 Å². The number of likely N-dealkylation sites (tertiary alicyclic amines) is 1. The van der Waals surface area contributed by atoms with Gasteiger partial charge in [-0.15, -0.1) is 0 Å². The number of piperidine rings is 1. The van der Waals surface area contributed by atoms with Gasteiger partial charge in [0.2, 0.25) is 5.91 Å². The van der Waals surface area contributed by atoms with Gasteiger partial charge in [-0.2, -0.15) is 10.2 Å². The number of aromatic amines is 2. The van der Waals surface area contributed by atoms with E-state index in [2.05, 4.69) is 39.6 Å². The Kier molecular flexibility index (Phi) is 5.93. The molecular weight excluding hydrogens is 452 g/mol. The molecule has 178 valence electrons. The van der Waals surface area contributed by atoms with Crippen LogP contribution in [-0.2, 0) is 10.2 Å². The van der Waals surface area contributed by atoms with E-state index >= 15 is 0 Å². The fraction of sp³-hybridized carbons (Fsp3) is 0.440. The van der Waals surface area contributed by atoms with Gasteiger partial charge >= 0.3 is 0 Å². The second kappa shape index (κ2) is 8.91. The standard InChI is InChI=1S/C25H29ClN6O2/c1-15(2)18-13-20(30-28-18)23(33)32-11-4-3-8-21(32)19-14-22(31-29-19)27-24(34)25(9-10-25)16-6-5-7-17(26)12-16/h5-7,12-15,21H,3-4,8-11H2,1-2H3,(H,28,30)(H2,27,29,31,34). The molecule has 1 aliphatic heterocycles. The molecule has 1 aliphatic carbocycles. The predicted molar refractivity (Wildman–Crippen MR) is 130 cm³/mol. The second-order valence-corrected chi connectivity index (χ2v) is 10.1. The first-order chi connectivity index (χ1) is 16.4. The van der Waals surface area contributed by atoms with Crippen LogP contribution in [0, 0.1) is 0 Å². The fourth-order valence-electron chi connectivity index (χ4n) is 4.75. The van der Waals surface area contributed by atoms with Crippen molar-refractivity contribution in [3.8, 4) is 0 Å². The van der Waals surface area contributed by atoms with Crippen LogP contribution in [-0.4, -0.2) is 43.7 Å². The third kappa shape index (κ3) is 4.22. The maximum atomic E-state index is 13.3. The Balaban J connectivity index is 1.31. The Labute approximate surface area is 203 Å². The molecule has 1 aromatic carbocycles. The van der Waals surface area contributed by atoms with E-state index in [9.17, 15) is 9.59 Å². The van der Waals surface area contributed by atoms with Gasteiger partial charge < -0.3 is 10.2 Å². The monoisotopic (exact) mass is 480 g/mol. The number of rotatable bonds is 6. The zero-order valence-corrected chi connectivity index (χ0v) is 20.2. The SMILES string of the molecule is CC(C)c1cc(C(=O)N2CCCCC2c2cc(NC(=O)C3(c4cccc(Cl)c4)CC3)n[nH]2)n[nH]1. The molecule has 34 heavy (non-hydrogen) atoms. The zero-order chi connectivity index (χ0) is 23.9. The molecule has 2 fully saturated rings. The molecule has 0 spiro atoms. The van der Waals surface area contributed by atoms with Gasteiger partial charge in [-0.1, -0.05) is 37.6 Å². The van der Waals surface area contributed by atoms with Crippen LogP contribution in [0.1, 0.15) is 85.4 Å². The molecule has 5 rings (SSSR count). The van der Waals surface area contributed by atoms with E-state index in [0.717, 1.165) is 49.1 Å². The molecule has 2 aliphatic rings. The van der Waals surface area contributed by atoms with E-state index in [1.807, 2.05) is 41.3 Å². The lowest BCUT2D eigenvalue weighted by atomic mass is 9.95. The van der Waals surface area contributed by atoms with Gasteiger partial charge in [-0.05, 0) is 61.8 Å². The highest BCUT2D eigenvalue weighted by atomic mass is 35.5. The molecule has 1 saturated carbocycles. The summed E-state index contributed by atoms with van der Waals surface area (Å²) in [5.74, 6) is 0.563. The average molecular weight is 481 g/mol. The molecule has 0 radical (unpaired) electrons. The quantitative estimate of drug-likeness (QED) is 0.464. The van der Waals surface area contributed by atoms with E-state index in [0.29, 0.717) is 23.1 Å². The predicted octanol–water partition coefficient (Wildman–Crippen LogP) is 4.95. The summed E-state index contributed by atoms with van der Waals surface area (Å²) in [6.45, 7) is 4.78. The van der Waals surface area contributed by atoms with Crippen LogP contribution in [0.15, 0.2) is 36.4 Å². The van der Waals surface area contributed by atoms with Crippen molar-refractivity contribution in [1.82, 2.24) is 25.3 Å². The molecule has 3 N–H and O–H groups in total. The van der Waals surface area contributed by atoms with Crippen molar-refractivity contribution in [2.45, 2.75) is 63.3 Å². The number of hydrogen-bond acceptors (Lipinski definition) is 4. The lowest BCUT2D eigenvalue weighted by molar-refractivity contribution is -0.118. The van der Waals surface area contributed by atoms with E-state index in [1.165, 1.54) is 0 Å². The summed E-state index contributed by atoms with van der Waals surface area (Å²) in [5.41, 5.74) is 2.57. The zero-order valence-electron chi connectivity index (χ0n) is 19.4. The maximum Gasteiger partial charge on any atom is 0.274 e. The number of aromatic nitrogens is 4. The molecule has 3 heterocycles. The van der Waals surface area contributed by atoms with Crippen molar-refractivity contribution >= 4 is 29.2 Å². The Morgan fingerprint density at radius 2 is 1.97 bits per heavy atom. The first kappa shape index (κ1) is 22.7. The van der Waals surface area contributed by atoms with E-state index in [4.69, 9.17) is 11.6 Å². The van der Waals surface area contributed by atoms with Crippen molar-refractivity contribution in [1.29, 1.82) is 0 Å². The lowest BCUT2D eigenvalue weighted by Crippen LogP contribution is -2.38. The summed E-state index contributed by atoms with van der Waals surface area (Å²) in [5, 5.41) is 18.2. The first-order valence-corrected chi connectivity index (χ1v) is 12.2. The minimum absolute atomic E-state index is 0.0814. The number of benzene rings is 1. The van der Waals surface area contributed by atoms with Crippen LogP contribution in [0.3, 0.4) is 0 Å². The summed E-state index contributed by atoms with van der Waals surface area (Å²) < 4.78 is 0. The molecule has 1 unspecified atom stereocenters. The smallest absolute Gasteiger partial charge is 0.274 e. The van der Waals surface area contributed by atoms with Gasteiger partial charge in [0, 0.05) is 23.3 Å². The van der Waals surface area contributed by atoms with Crippen molar-refractivity contribution < 1.29 is 9.59 Å². The Morgan fingerprint density at radius 1 is 1.15 bits per heavy atom. The summed E-state index contributed by atoms with van der Waals surface area (Å²) in [4.78, 5) is 28.2. The molecule has 3 aromatic rings. The highest BCUT2D eigenvalue weighted by Gasteiger charge is 2.51. The fourth-order valence-corrected chi connectivity index (χ4v) is 4.94. The molecule has 9 heteroatoms. The minimum atomic E-state index is -0.551. The average Bonchev–Trinajstić information content (AvgIpc) is 3.26. The normalized spacial score (nSPS) is 19.3. The van der Waals surface area contributed by atoms with Crippen molar-refractivity contribution in [2.24, 2.45) is 0 Å². The van der Waals surface area contributed by atoms with Gasteiger partial charge in [0.1, 0.15) is 5.69 Å². The lowest BCUT2D eigenvalue weighted by Gasteiger charge is -2.34. The summed E-state index contributed by atoms with van der Waals surface area (Å²) in [6.07, 6.45) is 4.36. The third-order valence-electron chi connectivity index (χ3n) is 6.96. The van der Waals surface area contributed by atoms with Crippen molar-refractivity contribution in [2.75, 3.05) is 11.9 Å². The van der Waals surface area contributed by atoms with Gasteiger partial charge in [0.25, 0.3) is 5.91 Å². The maximum absolute atomic E-state index is 13.3. The van der Waals surface area contributed by atoms with E-state index in [-0.39, 0.29) is 23.8 Å². The Hall–Kier alpha value is -3.13. The van der Waals surface area contributed by atoms with E-state index in [1.54, 1.807) is 0 Å². The van der Waals surface area contributed by atoms with Crippen molar-refractivity contribution in [3.05, 3.63) is 64.1 Å². The van der Waals surface area contributed by atoms with Crippen LogP contribution in [0.25, 0.3) is 0 Å². The molecule has 8 nitrogen and oxygen atoms in total. The highest BCUT2D eigenvalue weighted by Crippen LogP contribution is 2.49. The number of carbonyl (C=O) groups is 2. The number of carbonyl (C=O) groups excluding carboxylic acids is 2.